The van der Waals surface area contributed by atoms with Gasteiger partial charge in [-0.15, -0.1) is 0 Å². The van der Waals surface area contributed by atoms with Crippen LogP contribution in [0.4, 0.5) is 0 Å². The van der Waals surface area contributed by atoms with Gasteiger partial charge < -0.3 is 5.11 Å². The minimum atomic E-state index is -3.54. The summed E-state index contributed by atoms with van der Waals surface area (Å²) >= 11 is 6.25. The van der Waals surface area contributed by atoms with E-state index in [1.165, 1.54) is 0 Å². The SMILES string of the molecule is CCCNS(=O)(=O)c1ccc(-c2c(O)cccc2Cl)c(C(C)C)c1. The quantitative estimate of drug-likeness (QED) is 0.788. The van der Waals surface area contributed by atoms with Gasteiger partial charge in [0.25, 0.3) is 0 Å². The van der Waals surface area contributed by atoms with Crippen molar-refractivity contribution in [1.82, 2.24) is 4.72 Å². The van der Waals surface area contributed by atoms with Gasteiger partial charge in [0.05, 0.1) is 9.92 Å². The van der Waals surface area contributed by atoms with Crippen molar-refractivity contribution in [2.75, 3.05) is 6.54 Å². The lowest BCUT2D eigenvalue weighted by Crippen LogP contribution is -2.24. The Balaban J connectivity index is 2.61. The molecule has 0 aromatic heterocycles. The Kier molecular flexibility index (Phi) is 5.91. The topological polar surface area (TPSA) is 66.4 Å². The number of rotatable bonds is 6. The fraction of sp³-hybridized carbons (Fsp3) is 0.333. The number of phenolic OH excluding ortho intramolecular Hbond substituents is 1. The van der Waals surface area contributed by atoms with Crippen LogP contribution in [-0.2, 0) is 10.0 Å². The third-order valence-corrected chi connectivity index (χ3v) is 5.53. The average Bonchev–Trinajstić information content (AvgIpc) is 2.52. The fourth-order valence-electron chi connectivity index (χ4n) is 2.51. The molecule has 0 atom stereocenters. The van der Waals surface area contributed by atoms with Gasteiger partial charge in [-0.2, -0.15) is 0 Å². The summed E-state index contributed by atoms with van der Waals surface area (Å²) in [6.45, 7) is 6.25. The van der Waals surface area contributed by atoms with E-state index in [1.807, 2.05) is 20.8 Å². The summed E-state index contributed by atoms with van der Waals surface area (Å²) < 4.78 is 27.3. The molecule has 4 nitrogen and oxygen atoms in total. The first-order valence-corrected chi connectivity index (χ1v) is 9.75. The highest BCUT2D eigenvalue weighted by molar-refractivity contribution is 7.89. The molecule has 6 heteroatoms. The molecule has 0 saturated carbocycles. The third kappa shape index (κ3) is 3.91. The van der Waals surface area contributed by atoms with Crippen molar-refractivity contribution in [2.24, 2.45) is 0 Å². The normalized spacial score (nSPS) is 11.9. The second-order valence-electron chi connectivity index (χ2n) is 5.94. The van der Waals surface area contributed by atoms with Crippen LogP contribution in [0.1, 0.15) is 38.7 Å². The van der Waals surface area contributed by atoms with Crippen molar-refractivity contribution >= 4 is 21.6 Å². The van der Waals surface area contributed by atoms with E-state index in [0.717, 1.165) is 17.5 Å². The van der Waals surface area contributed by atoms with E-state index in [-0.39, 0.29) is 16.6 Å². The summed E-state index contributed by atoms with van der Waals surface area (Å²) in [7, 11) is -3.54. The van der Waals surface area contributed by atoms with Gasteiger partial charge in [-0.3, -0.25) is 0 Å². The largest absolute Gasteiger partial charge is 0.507 e. The molecule has 24 heavy (non-hydrogen) atoms. The Bertz CT molecular complexity index is 812. The molecule has 0 radical (unpaired) electrons. The molecular formula is C18H22ClNO3S. The molecular weight excluding hydrogens is 346 g/mol. The standard InChI is InChI=1S/C18H22ClNO3S/c1-4-10-20-24(22,23)13-8-9-14(15(11-13)12(2)3)18-16(19)6-5-7-17(18)21/h5-9,11-12,20-21H,4,10H2,1-3H3. The smallest absolute Gasteiger partial charge is 0.240 e. The van der Waals surface area contributed by atoms with E-state index >= 15 is 0 Å². The third-order valence-electron chi connectivity index (χ3n) is 3.76. The minimum absolute atomic E-state index is 0.0667. The number of aromatic hydroxyl groups is 1. The van der Waals surface area contributed by atoms with Gasteiger partial charge in [0.2, 0.25) is 10.0 Å². The molecule has 0 unspecified atom stereocenters. The van der Waals surface area contributed by atoms with Crippen LogP contribution in [0.5, 0.6) is 5.75 Å². The molecule has 0 saturated heterocycles. The van der Waals surface area contributed by atoms with Crippen LogP contribution in [0.25, 0.3) is 11.1 Å². The van der Waals surface area contributed by atoms with E-state index in [9.17, 15) is 13.5 Å². The van der Waals surface area contributed by atoms with Crippen molar-refractivity contribution in [1.29, 1.82) is 0 Å². The maximum absolute atomic E-state index is 12.4. The summed E-state index contributed by atoms with van der Waals surface area (Å²) in [5, 5.41) is 10.6. The van der Waals surface area contributed by atoms with Crippen molar-refractivity contribution in [3.05, 3.63) is 47.0 Å². The molecule has 0 aliphatic heterocycles. The highest BCUT2D eigenvalue weighted by Crippen LogP contribution is 2.40. The molecule has 2 aromatic carbocycles. The number of hydrogen-bond donors (Lipinski definition) is 2. The Morgan fingerprint density at radius 1 is 1.21 bits per heavy atom. The van der Waals surface area contributed by atoms with Crippen LogP contribution in [0.3, 0.4) is 0 Å². The Morgan fingerprint density at radius 2 is 1.92 bits per heavy atom. The number of nitrogens with one attached hydrogen (secondary N) is 1. The van der Waals surface area contributed by atoms with Crippen LogP contribution >= 0.6 is 11.6 Å². The van der Waals surface area contributed by atoms with Crippen molar-refractivity contribution < 1.29 is 13.5 Å². The summed E-state index contributed by atoms with van der Waals surface area (Å²) in [6, 6.07) is 9.84. The van der Waals surface area contributed by atoms with Gasteiger partial charge in [0.1, 0.15) is 5.75 Å². The average molecular weight is 368 g/mol. The summed E-state index contributed by atoms with van der Waals surface area (Å²) in [4.78, 5) is 0.218. The first kappa shape index (κ1) is 18.8. The van der Waals surface area contributed by atoms with Crippen LogP contribution in [0.2, 0.25) is 5.02 Å². The van der Waals surface area contributed by atoms with Gasteiger partial charge in [-0.05, 0) is 47.7 Å². The van der Waals surface area contributed by atoms with Gasteiger partial charge >= 0.3 is 0 Å². The minimum Gasteiger partial charge on any atom is -0.507 e. The Labute approximate surface area is 148 Å². The number of halogens is 1. The molecule has 0 amide bonds. The van der Waals surface area contributed by atoms with Gasteiger partial charge in [-0.1, -0.05) is 44.5 Å². The van der Waals surface area contributed by atoms with Gasteiger partial charge in [0, 0.05) is 12.1 Å². The highest BCUT2D eigenvalue weighted by Gasteiger charge is 2.20. The van der Waals surface area contributed by atoms with Crippen molar-refractivity contribution in [2.45, 2.75) is 38.0 Å². The summed E-state index contributed by atoms with van der Waals surface area (Å²) in [6.07, 6.45) is 0.724. The molecule has 0 bridgehead atoms. The monoisotopic (exact) mass is 367 g/mol. The number of hydrogen-bond acceptors (Lipinski definition) is 3. The van der Waals surface area contributed by atoms with Gasteiger partial charge in [-0.25, -0.2) is 13.1 Å². The second-order valence-corrected chi connectivity index (χ2v) is 8.11. The lowest BCUT2D eigenvalue weighted by molar-refractivity contribution is 0.477. The highest BCUT2D eigenvalue weighted by atomic mass is 35.5. The number of phenols is 1. The van der Waals surface area contributed by atoms with Crippen LogP contribution < -0.4 is 4.72 Å². The Morgan fingerprint density at radius 3 is 2.50 bits per heavy atom. The first-order chi connectivity index (χ1) is 11.3. The second kappa shape index (κ2) is 7.55. The molecule has 2 N–H and O–H groups in total. The Hall–Kier alpha value is -1.56. The van der Waals surface area contributed by atoms with Crippen LogP contribution in [0, 0.1) is 0 Å². The van der Waals surface area contributed by atoms with E-state index in [0.29, 0.717) is 17.1 Å². The van der Waals surface area contributed by atoms with Gasteiger partial charge in [0.15, 0.2) is 0 Å². The lowest BCUT2D eigenvalue weighted by Gasteiger charge is -2.17. The molecule has 0 aliphatic carbocycles. The summed E-state index contributed by atoms with van der Waals surface area (Å²) in [5.41, 5.74) is 2.08. The molecule has 2 aromatic rings. The van der Waals surface area contributed by atoms with Crippen LogP contribution in [0.15, 0.2) is 41.3 Å². The molecule has 0 spiro atoms. The molecule has 0 heterocycles. The predicted molar refractivity (Wildman–Crippen MR) is 98.1 cm³/mol. The van der Waals surface area contributed by atoms with E-state index in [1.54, 1.807) is 36.4 Å². The maximum atomic E-state index is 12.4. The lowest BCUT2D eigenvalue weighted by atomic mass is 9.92. The molecule has 130 valence electrons. The molecule has 0 aliphatic rings. The number of sulfonamides is 1. The molecule has 0 fully saturated rings. The zero-order chi connectivity index (χ0) is 17.9. The first-order valence-electron chi connectivity index (χ1n) is 7.89. The van der Waals surface area contributed by atoms with E-state index in [4.69, 9.17) is 11.6 Å². The van der Waals surface area contributed by atoms with Crippen molar-refractivity contribution in [3.8, 4) is 16.9 Å². The number of benzene rings is 2. The zero-order valence-corrected chi connectivity index (χ0v) is 15.6. The molecule has 2 rings (SSSR count). The summed E-state index contributed by atoms with van der Waals surface area (Å²) in [5.74, 6) is 0.140. The predicted octanol–water partition coefficient (Wildman–Crippen LogP) is 4.52. The van der Waals surface area contributed by atoms with E-state index < -0.39 is 10.0 Å². The maximum Gasteiger partial charge on any atom is 0.240 e. The zero-order valence-electron chi connectivity index (χ0n) is 14.0. The van der Waals surface area contributed by atoms with E-state index in [2.05, 4.69) is 4.72 Å². The van der Waals surface area contributed by atoms with Crippen LogP contribution in [-0.4, -0.2) is 20.1 Å². The fourth-order valence-corrected chi connectivity index (χ4v) is 3.95. The van der Waals surface area contributed by atoms with Crippen molar-refractivity contribution in [3.63, 3.8) is 0 Å².